The molecule has 144 valence electrons. The Bertz CT molecular complexity index is 473. The van der Waals surface area contributed by atoms with E-state index in [-0.39, 0.29) is 24.0 Å². The first kappa shape index (κ1) is 23.9. The lowest BCUT2D eigenvalue weighted by atomic mass is 9.67. The maximum atomic E-state index is 11.5. The molecule has 0 amide bonds. The van der Waals surface area contributed by atoms with E-state index in [0.29, 0.717) is 18.5 Å². The molecule has 0 aromatic heterocycles. The quantitative estimate of drug-likeness (QED) is 0.221. The third-order valence-electron chi connectivity index (χ3n) is 4.78. The third kappa shape index (κ3) is 7.86. The van der Waals surface area contributed by atoms with Gasteiger partial charge in [0.15, 0.2) is 5.96 Å². The van der Waals surface area contributed by atoms with Gasteiger partial charge in [0.2, 0.25) is 10.0 Å². The lowest BCUT2D eigenvalue weighted by Crippen LogP contribution is -2.41. The Balaban J connectivity index is 0.00000529. The fraction of sp³-hybridized carbons (Fsp3) is 0.938. The summed E-state index contributed by atoms with van der Waals surface area (Å²) in [6, 6.07) is 0. The number of sulfonamides is 1. The number of nitrogens with one attached hydrogen (secondary N) is 2. The molecule has 2 N–H and O–H groups in total. The second-order valence-corrected chi connectivity index (χ2v) is 8.42. The molecule has 6 nitrogen and oxygen atoms in total. The number of rotatable bonds is 10. The normalized spacial score (nSPS) is 17.1. The summed E-state index contributed by atoms with van der Waals surface area (Å²) in [5.74, 6) is 0.842. The lowest BCUT2D eigenvalue weighted by molar-refractivity contribution is 0.139. The van der Waals surface area contributed by atoms with E-state index >= 15 is 0 Å². The van der Waals surface area contributed by atoms with Crippen LogP contribution in [0.5, 0.6) is 0 Å². The Morgan fingerprint density at radius 2 is 1.88 bits per heavy atom. The van der Waals surface area contributed by atoms with Crippen molar-refractivity contribution in [2.75, 3.05) is 39.0 Å². The van der Waals surface area contributed by atoms with Crippen molar-refractivity contribution in [3.8, 4) is 0 Å². The van der Waals surface area contributed by atoms with Crippen LogP contribution < -0.4 is 10.6 Å². The van der Waals surface area contributed by atoms with Crippen molar-refractivity contribution in [3.05, 3.63) is 0 Å². The fourth-order valence-electron chi connectivity index (χ4n) is 2.91. The highest BCUT2D eigenvalue weighted by Gasteiger charge is 2.34. The molecule has 0 bridgehead atoms. The second kappa shape index (κ2) is 11.5. The van der Waals surface area contributed by atoms with Gasteiger partial charge in [0, 0.05) is 32.7 Å². The van der Waals surface area contributed by atoms with E-state index in [9.17, 15) is 8.42 Å². The Labute approximate surface area is 165 Å². The van der Waals surface area contributed by atoms with Gasteiger partial charge < -0.3 is 10.6 Å². The molecule has 0 heterocycles. The summed E-state index contributed by atoms with van der Waals surface area (Å²) in [7, 11) is -3.09. The van der Waals surface area contributed by atoms with Crippen LogP contribution in [0.25, 0.3) is 0 Å². The summed E-state index contributed by atoms with van der Waals surface area (Å²) in [6.45, 7) is 9.66. The molecule has 8 heteroatoms. The van der Waals surface area contributed by atoms with Crippen LogP contribution in [0.2, 0.25) is 0 Å². The van der Waals surface area contributed by atoms with Gasteiger partial charge in [-0.3, -0.25) is 4.99 Å². The Hall–Kier alpha value is -0.0900. The zero-order chi connectivity index (χ0) is 17.3. The van der Waals surface area contributed by atoms with E-state index in [1.54, 1.807) is 0 Å². The van der Waals surface area contributed by atoms with E-state index < -0.39 is 10.0 Å². The zero-order valence-electron chi connectivity index (χ0n) is 15.6. The van der Waals surface area contributed by atoms with Crippen molar-refractivity contribution in [3.63, 3.8) is 0 Å². The average molecular weight is 474 g/mol. The Morgan fingerprint density at radius 3 is 2.29 bits per heavy atom. The molecular weight excluding hydrogens is 439 g/mol. The van der Waals surface area contributed by atoms with Gasteiger partial charge in [-0.1, -0.05) is 20.3 Å². The van der Waals surface area contributed by atoms with Gasteiger partial charge in [0.05, 0.1) is 6.26 Å². The van der Waals surface area contributed by atoms with Crippen LogP contribution in [0, 0.1) is 5.41 Å². The first-order valence-corrected chi connectivity index (χ1v) is 10.7. The van der Waals surface area contributed by atoms with Crippen LogP contribution in [0.4, 0.5) is 0 Å². The smallest absolute Gasteiger partial charge is 0.211 e. The van der Waals surface area contributed by atoms with Crippen molar-refractivity contribution in [2.45, 2.75) is 52.9 Å². The molecule has 0 atom stereocenters. The summed E-state index contributed by atoms with van der Waals surface area (Å²) >= 11 is 0. The summed E-state index contributed by atoms with van der Waals surface area (Å²) in [4.78, 5) is 4.73. The highest BCUT2D eigenvalue weighted by atomic mass is 127. The summed E-state index contributed by atoms with van der Waals surface area (Å²) in [5, 5.41) is 6.58. The molecule has 0 aromatic carbocycles. The number of nitrogens with zero attached hydrogens (tertiary/aromatic N) is 2. The molecule has 1 aliphatic rings. The molecular formula is C16H35IN4O2S. The topological polar surface area (TPSA) is 73.8 Å². The number of hydrogen-bond acceptors (Lipinski definition) is 3. The summed E-state index contributed by atoms with van der Waals surface area (Å²) < 4.78 is 24.6. The molecule has 24 heavy (non-hydrogen) atoms. The van der Waals surface area contributed by atoms with Crippen molar-refractivity contribution in [1.29, 1.82) is 0 Å². The predicted molar refractivity (Wildman–Crippen MR) is 113 cm³/mol. The molecule has 1 rings (SSSR count). The van der Waals surface area contributed by atoms with E-state index in [4.69, 9.17) is 4.99 Å². The molecule has 0 aromatic rings. The van der Waals surface area contributed by atoms with Crippen LogP contribution in [-0.4, -0.2) is 57.7 Å². The van der Waals surface area contributed by atoms with Crippen LogP contribution in [0.3, 0.4) is 0 Å². The van der Waals surface area contributed by atoms with Gasteiger partial charge in [-0.05, 0) is 38.0 Å². The standard InChI is InChI=1S/C16H34N4O2S.HI/c1-5-16(10-8-11-16)14-19-15(17-6-2)18-12-9-13-20(7-3)23(4,21)22;/h5-14H2,1-4H3,(H2,17,18,19);1H. The van der Waals surface area contributed by atoms with E-state index in [1.807, 2.05) is 6.92 Å². The number of halogens is 1. The zero-order valence-corrected chi connectivity index (χ0v) is 18.7. The van der Waals surface area contributed by atoms with Crippen LogP contribution in [-0.2, 0) is 10.0 Å². The predicted octanol–water partition coefficient (Wildman–Crippen LogP) is 2.41. The molecule has 1 fully saturated rings. The van der Waals surface area contributed by atoms with Gasteiger partial charge in [-0.2, -0.15) is 0 Å². The SMILES string of the molecule is CCNC(=NCC1(CC)CCC1)NCCCN(CC)S(C)(=O)=O.I. The minimum atomic E-state index is -3.09. The maximum absolute atomic E-state index is 11.5. The molecule has 0 spiro atoms. The van der Waals surface area contributed by atoms with E-state index in [2.05, 4.69) is 24.5 Å². The van der Waals surface area contributed by atoms with E-state index in [1.165, 1.54) is 36.2 Å². The molecule has 1 saturated carbocycles. The van der Waals surface area contributed by atoms with Crippen molar-refractivity contribution in [1.82, 2.24) is 14.9 Å². The Morgan fingerprint density at radius 1 is 1.21 bits per heavy atom. The minimum Gasteiger partial charge on any atom is -0.357 e. The molecule has 0 aliphatic heterocycles. The van der Waals surface area contributed by atoms with Crippen molar-refractivity contribution in [2.24, 2.45) is 10.4 Å². The monoisotopic (exact) mass is 474 g/mol. The first-order chi connectivity index (χ1) is 10.9. The number of guanidine groups is 1. The van der Waals surface area contributed by atoms with Crippen LogP contribution in [0.1, 0.15) is 52.9 Å². The largest absolute Gasteiger partial charge is 0.357 e. The van der Waals surface area contributed by atoms with Crippen LogP contribution in [0.15, 0.2) is 4.99 Å². The van der Waals surface area contributed by atoms with Gasteiger partial charge in [0.1, 0.15) is 0 Å². The van der Waals surface area contributed by atoms with Gasteiger partial charge >= 0.3 is 0 Å². The summed E-state index contributed by atoms with van der Waals surface area (Å²) in [5.41, 5.74) is 0.414. The highest BCUT2D eigenvalue weighted by molar-refractivity contribution is 14.0. The third-order valence-corrected chi connectivity index (χ3v) is 6.16. The molecule has 0 saturated heterocycles. The Kier molecular flexibility index (Phi) is 11.5. The first-order valence-electron chi connectivity index (χ1n) is 8.84. The average Bonchev–Trinajstić information content (AvgIpc) is 2.44. The number of hydrogen-bond donors (Lipinski definition) is 2. The van der Waals surface area contributed by atoms with Gasteiger partial charge in [-0.25, -0.2) is 12.7 Å². The highest BCUT2D eigenvalue weighted by Crippen LogP contribution is 2.43. The minimum absolute atomic E-state index is 0. The lowest BCUT2D eigenvalue weighted by Gasteiger charge is -2.40. The number of aliphatic imine (C=N–C) groups is 1. The summed E-state index contributed by atoms with van der Waals surface area (Å²) in [6.07, 6.45) is 7.11. The molecule has 0 unspecified atom stereocenters. The van der Waals surface area contributed by atoms with Gasteiger partial charge in [0.25, 0.3) is 0 Å². The second-order valence-electron chi connectivity index (χ2n) is 6.44. The van der Waals surface area contributed by atoms with Crippen molar-refractivity contribution >= 4 is 40.0 Å². The van der Waals surface area contributed by atoms with Crippen molar-refractivity contribution < 1.29 is 8.42 Å². The molecule has 1 aliphatic carbocycles. The maximum Gasteiger partial charge on any atom is 0.211 e. The molecule has 0 radical (unpaired) electrons. The fourth-order valence-corrected chi connectivity index (χ4v) is 3.84. The van der Waals surface area contributed by atoms with Crippen LogP contribution >= 0.6 is 24.0 Å². The van der Waals surface area contributed by atoms with Gasteiger partial charge in [-0.15, -0.1) is 24.0 Å². The van der Waals surface area contributed by atoms with E-state index in [0.717, 1.165) is 32.0 Å².